The highest BCUT2D eigenvalue weighted by Gasteiger charge is 2.32. The second kappa shape index (κ2) is 4.11. The molecule has 1 aromatic rings. The van der Waals surface area contributed by atoms with E-state index in [-0.39, 0.29) is 5.54 Å². The molecule has 4 nitrogen and oxygen atoms in total. The van der Waals surface area contributed by atoms with Crippen LogP contribution in [0.5, 0.6) is 0 Å². The first-order valence-electron chi connectivity index (χ1n) is 5.27. The molecule has 0 spiro atoms. The Morgan fingerprint density at radius 2 is 2.31 bits per heavy atom. The highest BCUT2D eigenvalue weighted by Crippen LogP contribution is 2.31. The van der Waals surface area contributed by atoms with Gasteiger partial charge in [0.05, 0.1) is 35.7 Å². The Labute approximate surface area is 100 Å². The van der Waals surface area contributed by atoms with Crippen molar-refractivity contribution in [2.24, 2.45) is 0 Å². The van der Waals surface area contributed by atoms with Crippen molar-refractivity contribution in [3.63, 3.8) is 0 Å². The quantitative estimate of drug-likeness (QED) is 0.816. The Morgan fingerprint density at radius 3 is 2.94 bits per heavy atom. The number of anilines is 2. The molecule has 0 aliphatic carbocycles. The molecule has 16 heavy (non-hydrogen) atoms. The van der Waals surface area contributed by atoms with Crippen molar-refractivity contribution in [3.8, 4) is 0 Å². The molecule has 2 rings (SSSR count). The first-order chi connectivity index (χ1) is 7.50. The predicted octanol–water partition coefficient (Wildman–Crippen LogP) is 1.93. The van der Waals surface area contributed by atoms with Gasteiger partial charge in [0.1, 0.15) is 5.82 Å². The molecule has 0 aromatic carbocycles. The zero-order valence-electron chi connectivity index (χ0n) is 9.53. The van der Waals surface area contributed by atoms with Crippen LogP contribution in [0.1, 0.15) is 13.8 Å². The minimum absolute atomic E-state index is 0.0923. The summed E-state index contributed by atoms with van der Waals surface area (Å²) in [6.45, 7) is 6.39. The molecule has 0 bridgehead atoms. The number of pyridine rings is 1. The molecule has 1 aliphatic rings. The number of nitrogens with zero attached hydrogens (tertiary/aromatic N) is 2. The average Bonchev–Trinajstić information content (AvgIpc) is 2.19. The van der Waals surface area contributed by atoms with Crippen LogP contribution in [0.15, 0.2) is 12.3 Å². The highest BCUT2D eigenvalue weighted by atomic mass is 35.5. The fourth-order valence-corrected chi connectivity index (χ4v) is 2.17. The molecular weight excluding hydrogens is 226 g/mol. The molecule has 0 radical (unpaired) electrons. The molecule has 0 saturated carbocycles. The van der Waals surface area contributed by atoms with Crippen molar-refractivity contribution < 1.29 is 4.74 Å². The van der Waals surface area contributed by atoms with Gasteiger partial charge in [-0.1, -0.05) is 11.6 Å². The zero-order chi connectivity index (χ0) is 11.8. The van der Waals surface area contributed by atoms with E-state index in [9.17, 15) is 0 Å². The summed E-state index contributed by atoms with van der Waals surface area (Å²) < 4.78 is 5.46. The summed E-state index contributed by atoms with van der Waals surface area (Å²) in [5, 5.41) is 0.593. The summed E-state index contributed by atoms with van der Waals surface area (Å²) >= 11 is 6.17. The minimum Gasteiger partial charge on any atom is -0.397 e. The first kappa shape index (κ1) is 11.5. The van der Waals surface area contributed by atoms with Gasteiger partial charge in [0.25, 0.3) is 0 Å². The summed E-state index contributed by atoms with van der Waals surface area (Å²) in [7, 11) is 0. The van der Waals surface area contributed by atoms with Gasteiger partial charge in [0.15, 0.2) is 0 Å². The zero-order valence-corrected chi connectivity index (χ0v) is 10.3. The molecule has 0 atom stereocenters. The van der Waals surface area contributed by atoms with Gasteiger partial charge in [0.2, 0.25) is 0 Å². The van der Waals surface area contributed by atoms with Crippen LogP contribution in [-0.4, -0.2) is 30.3 Å². The molecular formula is C11H16ClN3O. The van der Waals surface area contributed by atoms with Crippen LogP contribution in [0.25, 0.3) is 0 Å². The number of hydrogen-bond donors (Lipinski definition) is 1. The Morgan fingerprint density at radius 1 is 1.56 bits per heavy atom. The third-order valence-electron chi connectivity index (χ3n) is 2.74. The van der Waals surface area contributed by atoms with E-state index < -0.39 is 0 Å². The van der Waals surface area contributed by atoms with E-state index in [0.29, 0.717) is 23.9 Å². The molecule has 0 unspecified atom stereocenters. The van der Waals surface area contributed by atoms with Crippen molar-refractivity contribution in [1.29, 1.82) is 0 Å². The lowest BCUT2D eigenvalue weighted by Crippen LogP contribution is -2.53. The van der Waals surface area contributed by atoms with Crippen LogP contribution in [0.2, 0.25) is 5.02 Å². The van der Waals surface area contributed by atoms with Gasteiger partial charge in [0, 0.05) is 6.54 Å². The summed E-state index contributed by atoms with van der Waals surface area (Å²) in [6, 6.07) is 1.73. The fraction of sp³-hybridized carbons (Fsp3) is 0.545. The SMILES string of the molecule is CC1(C)COCCN1c1ncc(N)cc1Cl. The number of ether oxygens (including phenoxy) is 1. The second-order valence-electron chi connectivity index (χ2n) is 4.59. The number of aromatic nitrogens is 1. The van der Waals surface area contributed by atoms with Crippen LogP contribution in [0.4, 0.5) is 11.5 Å². The predicted molar refractivity (Wildman–Crippen MR) is 65.9 cm³/mol. The monoisotopic (exact) mass is 241 g/mol. The van der Waals surface area contributed by atoms with Crippen molar-refractivity contribution in [1.82, 2.24) is 4.98 Å². The minimum atomic E-state index is -0.0923. The first-order valence-corrected chi connectivity index (χ1v) is 5.65. The lowest BCUT2D eigenvalue weighted by molar-refractivity contribution is 0.0639. The smallest absolute Gasteiger partial charge is 0.148 e. The maximum absolute atomic E-state index is 6.17. The lowest BCUT2D eigenvalue weighted by Gasteiger charge is -2.43. The number of nitrogens with two attached hydrogens (primary N) is 1. The Kier molecular flexibility index (Phi) is 2.95. The molecule has 1 aromatic heterocycles. The lowest BCUT2D eigenvalue weighted by atomic mass is 10.0. The van der Waals surface area contributed by atoms with Gasteiger partial charge < -0.3 is 15.4 Å². The third kappa shape index (κ3) is 2.08. The standard InChI is InChI=1S/C11H16ClN3O/c1-11(2)7-16-4-3-15(11)10-9(12)5-8(13)6-14-10/h5-6H,3-4,7,13H2,1-2H3. The van der Waals surface area contributed by atoms with Gasteiger partial charge in [-0.2, -0.15) is 0 Å². The molecule has 1 saturated heterocycles. The van der Waals surface area contributed by atoms with Crippen molar-refractivity contribution in [3.05, 3.63) is 17.3 Å². The summed E-state index contributed by atoms with van der Waals surface area (Å²) in [6.07, 6.45) is 1.63. The second-order valence-corrected chi connectivity index (χ2v) is 5.00. The van der Waals surface area contributed by atoms with Crippen molar-refractivity contribution in [2.75, 3.05) is 30.4 Å². The Bertz CT molecular complexity index is 395. The third-order valence-corrected chi connectivity index (χ3v) is 3.02. The van der Waals surface area contributed by atoms with Crippen LogP contribution in [0.3, 0.4) is 0 Å². The van der Waals surface area contributed by atoms with Crippen LogP contribution >= 0.6 is 11.6 Å². The molecule has 5 heteroatoms. The topological polar surface area (TPSA) is 51.4 Å². The molecule has 88 valence electrons. The molecule has 1 aliphatic heterocycles. The highest BCUT2D eigenvalue weighted by molar-refractivity contribution is 6.33. The number of morpholine rings is 1. The normalized spacial score (nSPS) is 19.8. The van der Waals surface area contributed by atoms with E-state index >= 15 is 0 Å². The Balaban J connectivity index is 2.35. The average molecular weight is 242 g/mol. The Hall–Kier alpha value is -1.00. The van der Waals surface area contributed by atoms with Crippen molar-refractivity contribution >= 4 is 23.1 Å². The molecule has 2 heterocycles. The summed E-state index contributed by atoms with van der Waals surface area (Å²) in [5.74, 6) is 0.782. The molecule has 1 fully saturated rings. The van der Waals surface area contributed by atoms with Gasteiger partial charge in [-0.05, 0) is 19.9 Å². The number of hydrogen-bond acceptors (Lipinski definition) is 4. The van der Waals surface area contributed by atoms with E-state index in [0.717, 1.165) is 12.4 Å². The molecule has 2 N–H and O–H groups in total. The van der Waals surface area contributed by atoms with Gasteiger partial charge in [-0.3, -0.25) is 0 Å². The summed E-state index contributed by atoms with van der Waals surface area (Å²) in [4.78, 5) is 6.48. The van der Waals surface area contributed by atoms with Crippen LogP contribution in [0, 0.1) is 0 Å². The van der Waals surface area contributed by atoms with Crippen molar-refractivity contribution in [2.45, 2.75) is 19.4 Å². The van der Waals surface area contributed by atoms with E-state index in [4.69, 9.17) is 22.1 Å². The fourth-order valence-electron chi connectivity index (χ4n) is 1.90. The molecule has 0 amide bonds. The van der Waals surface area contributed by atoms with E-state index in [1.165, 1.54) is 0 Å². The van der Waals surface area contributed by atoms with E-state index in [2.05, 4.69) is 23.7 Å². The largest absolute Gasteiger partial charge is 0.397 e. The van der Waals surface area contributed by atoms with E-state index in [1.54, 1.807) is 12.3 Å². The maximum Gasteiger partial charge on any atom is 0.148 e. The van der Waals surface area contributed by atoms with Gasteiger partial charge in [-0.15, -0.1) is 0 Å². The maximum atomic E-state index is 6.17. The van der Waals surface area contributed by atoms with Gasteiger partial charge >= 0.3 is 0 Å². The number of halogens is 1. The summed E-state index contributed by atoms with van der Waals surface area (Å²) in [5.41, 5.74) is 6.13. The number of nitrogen functional groups attached to an aromatic ring is 1. The van der Waals surface area contributed by atoms with Crippen LogP contribution in [-0.2, 0) is 4.74 Å². The number of rotatable bonds is 1. The van der Waals surface area contributed by atoms with Gasteiger partial charge in [-0.25, -0.2) is 4.98 Å². The van der Waals surface area contributed by atoms with Crippen LogP contribution < -0.4 is 10.6 Å². The van der Waals surface area contributed by atoms with E-state index in [1.807, 2.05) is 0 Å².